The van der Waals surface area contributed by atoms with E-state index in [1.165, 1.54) is 57.8 Å². The summed E-state index contributed by atoms with van der Waals surface area (Å²) in [4.78, 5) is 0. The lowest BCUT2D eigenvalue weighted by atomic mass is 9.74. The fourth-order valence-electron chi connectivity index (χ4n) is 6.30. The second-order valence-corrected chi connectivity index (χ2v) is 10.9. The SMILES string of the molecule is CC[C@@H](CCC(C)[C@@H](O)C(O)CC1CCC[C@@H](C)C1)C(C)C(O)C1CCCCC1. The van der Waals surface area contributed by atoms with Gasteiger partial charge in [-0.15, -0.1) is 0 Å². The molecular weight excluding hydrogens is 360 g/mol. The van der Waals surface area contributed by atoms with Gasteiger partial charge in [0, 0.05) is 0 Å². The van der Waals surface area contributed by atoms with Gasteiger partial charge in [0.1, 0.15) is 0 Å². The molecule has 0 saturated heterocycles. The van der Waals surface area contributed by atoms with E-state index in [4.69, 9.17) is 0 Å². The summed E-state index contributed by atoms with van der Waals surface area (Å²) in [6, 6.07) is 0. The molecule has 5 unspecified atom stereocenters. The monoisotopic (exact) mass is 410 g/mol. The molecule has 0 aromatic carbocycles. The molecule has 0 aromatic rings. The summed E-state index contributed by atoms with van der Waals surface area (Å²) in [5.74, 6) is 2.75. The minimum absolute atomic E-state index is 0.110. The highest BCUT2D eigenvalue weighted by Crippen LogP contribution is 2.36. The second kappa shape index (κ2) is 12.7. The fraction of sp³-hybridized carbons (Fsp3) is 1.00. The molecule has 0 aromatic heterocycles. The fourth-order valence-corrected chi connectivity index (χ4v) is 6.30. The van der Waals surface area contributed by atoms with Crippen molar-refractivity contribution in [1.82, 2.24) is 0 Å². The number of hydrogen-bond acceptors (Lipinski definition) is 3. The van der Waals surface area contributed by atoms with Crippen molar-refractivity contribution in [2.24, 2.45) is 35.5 Å². The van der Waals surface area contributed by atoms with Crippen molar-refractivity contribution in [3.63, 3.8) is 0 Å². The lowest BCUT2D eigenvalue weighted by molar-refractivity contribution is -0.0336. The third kappa shape index (κ3) is 7.82. The molecule has 2 aliphatic carbocycles. The summed E-state index contributed by atoms with van der Waals surface area (Å²) >= 11 is 0. The molecule has 2 rings (SSSR count). The maximum absolute atomic E-state index is 10.9. The maximum atomic E-state index is 10.9. The number of aliphatic hydroxyl groups is 3. The molecule has 0 amide bonds. The van der Waals surface area contributed by atoms with Crippen LogP contribution in [0.15, 0.2) is 0 Å². The lowest BCUT2D eigenvalue weighted by Crippen LogP contribution is -2.36. The Balaban J connectivity index is 1.77. The van der Waals surface area contributed by atoms with Gasteiger partial charge in [0.05, 0.1) is 18.3 Å². The van der Waals surface area contributed by atoms with Crippen LogP contribution in [-0.4, -0.2) is 33.6 Å². The van der Waals surface area contributed by atoms with E-state index in [2.05, 4.69) is 27.7 Å². The number of hydrogen-bond donors (Lipinski definition) is 3. The molecule has 0 aliphatic heterocycles. The molecule has 3 N–H and O–H groups in total. The molecule has 0 bridgehead atoms. The maximum Gasteiger partial charge on any atom is 0.0824 e. The van der Waals surface area contributed by atoms with Crippen molar-refractivity contribution in [2.75, 3.05) is 0 Å². The number of aliphatic hydroxyl groups excluding tert-OH is 3. The minimum Gasteiger partial charge on any atom is -0.393 e. The number of rotatable bonds is 11. The van der Waals surface area contributed by atoms with Crippen LogP contribution < -0.4 is 0 Å². The van der Waals surface area contributed by atoms with Crippen LogP contribution in [0.4, 0.5) is 0 Å². The van der Waals surface area contributed by atoms with Gasteiger partial charge in [-0.25, -0.2) is 0 Å². The quantitative estimate of drug-likeness (QED) is 0.395. The summed E-state index contributed by atoms with van der Waals surface area (Å²) in [6.45, 7) is 8.86. The van der Waals surface area contributed by atoms with E-state index in [1.807, 2.05) is 0 Å². The predicted molar refractivity (Wildman–Crippen MR) is 122 cm³/mol. The van der Waals surface area contributed by atoms with Gasteiger partial charge < -0.3 is 15.3 Å². The van der Waals surface area contributed by atoms with Crippen molar-refractivity contribution in [2.45, 2.75) is 129 Å². The first kappa shape index (κ1) is 25.1. The summed E-state index contributed by atoms with van der Waals surface area (Å²) < 4.78 is 0. The van der Waals surface area contributed by atoms with Crippen LogP contribution in [-0.2, 0) is 0 Å². The van der Waals surface area contributed by atoms with Crippen molar-refractivity contribution in [3.05, 3.63) is 0 Å². The molecule has 8 atom stereocenters. The molecule has 2 saturated carbocycles. The van der Waals surface area contributed by atoms with E-state index in [1.54, 1.807) is 0 Å². The van der Waals surface area contributed by atoms with Gasteiger partial charge in [-0.3, -0.25) is 0 Å². The minimum atomic E-state index is -0.622. The van der Waals surface area contributed by atoms with E-state index in [0.717, 1.165) is 31.6 Å². The molecule has 0 radical (unpaired) electrons. The van der Waals surface area contributed by atoms with Crippen LogP contribution in [0, 0.1) is 35.5 Å². The molecule has 3 nitrogen and oxygen atoms in total. The largest absolute Gasteiger partial charge is 0.393 e. The van der Waals surface area contributed by atoms with Crippen molar-refractivity contribution in [1.29, 1.82) is 0 Å². The molecule has 2 fully saturated rings. The van der Waals surface area contributed by atoms with Gasteiger partial charge in [-0.1, -0.05) is 72.6 Å². The highest BCUT2D eigenvalue weighted by Gasteiger charge is 2.32. The van der Waals surface area contributed by atoms with Gasteiger partial charge in [0.25, 0.3) is 0 Å². The van der Waals surface area contributed by atoms with Gasteiger partial charge in [0.2, 0.25) is 0 Å². The normalized spacial score (nSPS) is 30.3. The topological polar surface area (TPSA) is 60.7 Å². The first-order valence-corrected chi connectivity index (χ1v) is 12.9. The summed E-state index contributed by atoms with van der Waals surface area (Å²) in [7, 11) is 0. The van der Waals surface area contributed by atoms with Crippen molar-refractivity contribution < 1.29 is 15.3 Å². The Morgan fingerprint density at radius 1 is 0.862 bits per heavy atom. The Morgan fingerprint density at radius 2 is 1.55 bits per heavy atom. The Bertz CT molecular complexity index is 434. The van der Waals surface area contributed by atoms with Gasteiger partial charge in [-0.2, -0.15) is 0 Å². The Morgan fingerprint density at radius 3 is 2.17 bits per heavy atom. The molecule has 0 spiro atoms. The van der Waals surface area contributed by atoms with Gasteiger partial charge in [0.15, 0.2) is 0 Å². The zero-order valence-electron chi connectivity index (χ0n) is 19.7. The first-order valence-electron chi connectivity index (χ1n) is 12.9. The summed E-state index contributed by atoms with van der Waals surface area (Å²) in [6.07, 6.45) is 13.6. The highest BCUT2D eigenvalue weighted by molar-refractivity contribution is 4.83. The highest BCUT2D eigenvalue weighted by atomic mass is 16.3. The van der Waals surface area contributed by atoms with Crippen LogP contribution in [0.3, 0.4) is 0 Å². The second-order valence-electron chi connectivity index (χ2n) is 10.9. The standard InChI is InChI=1S/C26H50O3/c1-5-22(20(4)26(29)23-12-7-6-8-13-23)15-14-19(3)25(28)24(27)17-21-11-9-10-18(2)16-21/h18-29H,5-17H2,1-4H3/t18-,19?,20?,21?,22+,24?,25-,26?/m1/s1. The molecule has 0 heterocycles. The molecule has 29 heavy (non-hydrogen) atoms. The van der Waals surface area contributed by atoms with Gasteiger partial charge >= 0.3 is 0 Å². The van der Waals surface area contributed by atoms with E-state index >= 15 is 0 Å². The van der Waals surface area contributed by atoms with E-state index in [0.29, 0.717) is 23.7 Å². The van der Waals surface area contributed by atoms with Crippen molar-refractivity contribution in [3.8, 4) is 0 Å². The summed E-state index contributed by atoms with van der Waals surface area (Å²) in [5, 5.41) is 32.3. The Kier molecular flexibility index (Phi) is 11.0. The van der Waals surface area contributed by atoms with E-state index in [9.17, 15) is 15.3 Å². The zero-order chi connectivity index (χ0) is 21.4. The molecule has 172 valence electrons. The average Bonchev–Trinajstić information content (AvgIpc) is 2.73. The smallest absolute Gasteiger partial charge is 0.0824 e. The van der Waals surface area contributed by atoms with Crippen LogP contribution in [0.25, 0.3) is 0 Å². The third-order valence-electron chi connectivity index (χ3n) is 8.53. The zero-order valence-corrected chi connectivity index (χ0v) is 19.7. The van der Waals surface area contributed by atoms with E-state index < -0.39 is 12.2 Å². The Labute approximate surface area is 180 Å². The van der Waals surface area contributed by atoms with Crippen LogP contribution >= 0.6 is 0 Å². The van der Waals surface area contributed by atoms with Crippen LogP contribution in [0.5, 0.6) is 0 Å². The van der Waals surface area contributed by atoms with E-state index in [-0.39, 0.29) is 12.0 Å². The average molecular weight is 411 g/mol. The van der Waals surface area contributed by atoms with Gasteiger partial charge in [-0.05, 0) is 74.0 Å². The van der Waals surface area contributed by atoms with Crippen molar-refractivity contribution >= 4 is 0 Å². The molecular formula is C26H50O3. The van der Waals surface area contributed by atoms with Crippen LogP contribution in [0.2, 0.25) is 0 Å². The molecule has 3 heteroatoms. The van der Waals surface area contributed by atoms with Crippen LogP contribution in [0.1, 0.15) is 111 Å². The molecule has 2 aliphatic rings. The lowest BCUT2D eigenvalue weighted by Gasteiger charge is -2.35. The third-order valence-corrected chi connectivity index (χ3v) is 8.53. The summed E-state index contributed by atoms with van der Waals surface area (Å²) in [5.41, 5.74) is 0. The Hall–Kier alpha value is -0.120. The predicted octanol–water partition coefficient (Wildman–Crippen LogP) is 5.94. The first-order chi connectivity index (χ1) is 13.8.